The van der Waals surface area contributed by atoms with E-state index in [2.05, 4.69) is 89.1 Å². The normalized spacial score (nSPS) is 10.7. The molecule has 4 heterocycles. The molecule has 0 atom stereocenters. The number of rotatable bonds is 13. The monoisotopic (exact) mass is 1240 g/mol. The molecule has 7 aromatic carbocycles. The van der Waals surface area contributed by atoms with Gasteiger partial charge in [0.15, 0.2) is 10.9 Å². The zero-order valence-electron chi connectivity index (χ0n) is 44.5. The number of thioether (sulfide) groups is 2. The Labute approximate surface area is 500 Å². The Morgan fingerprint density at radius 1 is 0.530 bits per heavy atom. The molecule has 0 unspecified atom stereocenters. The first-order valence-electron chi connectivity index (χ1n) is 24.7. The molecule has 0 radical (unpaired) electrons. The molecule has 0 aliphatic carbocycles. The molecule has 4 aromatic heterocycles. The van der Waals surface area contributed by atoms with Gasteiger partial charge in [0.25, 0.3) is 0 Å². The average molecular weight is 1240 g/mol. The number of nitrogens with zero attached hydrogens (tertiary/aromatic N) is 4. The van der Waals surface area contributed by atoms with Crippen molar-refractivity contribution in [2.75, 3.05) is 49.3 Å². The SMILES string of the molecule is CCCSc1ccc2nc(NC(=O)OC)[nH]c2c1.COC(=O)Nc1nc2ccc(C(=O)c3ccc(F)cc3)cc2[nH]1.COC(=O)Nc1nc2ccc(Sc3ccccc3)cc2[nH]1.CSc1nc2cc(Oc3cccc(Cl)c3Cl)c(Cl)cc2[nH]1. The van der Waals surface area contributed by atoms with Crippen LogP contribution in [0.15, 0.2) is 159 Å². The Morgan fingerprint density at radius 2 is 1.06 bits per heavy atom. The number of amides is 3. The molecule has 11 aromatic rings. The fourth-order valence-corrected chi connectivity index (χ4v) is 9.98. The van der Waals surface area contributed by atoms with Crippen LogP contribution in [0.5, 0.6) is 11.5 Å². The van der Waals surface area contributed by atoms with E-state index in [4.69, 9.17) is 39.5 Å². The summed E-state index contributed by atoms with van der Waals surface area (Å²) in [5.74, 6) is 2.38. The summed E-state index contributed by atoms with van der Waals surface area (Å²) in [5.41, 5.74) is 7.00. The molecule has 0 bridgehead atoms. The predicted molar refractivity (Wildman–Crippen MR) is 327 cm³/mol. The minimum Gasteiger partial charge on any atom is -0.454 e. The van der Waals surface area contributed by atoms with Crippen LogP contribution in [0.25, 0.3) is 44.1 Å². The highest BCUT2D eigenvalue weighted by Crippen LogP contribution is 2.39. The standard InChI is InChI=1S/C16H12FN3O3.C15H13N3O2S.C14H9Cl3N2OS.C12H15N3O2S/c1-23-16(22)20-15-18-12-7-4-10(8-13(12)19-15)14(21)9-2-5-11(17)6-3-9;1-20-15(19)18-14-16-12-8-7-11(9-13(12)17-14)21-10-5-3-2-4-6-10;1-21-14-18-9-5-8(16)12(6-10(9)19-14)20-11-4-2-3-7(15)13(11)17;1-3-6-18-8-4-5-9-10(7-8)14-11(13-9)15-12(16)17-2/h2-8H,1H3,(H2,18,19,20,22);2-9H,1H3,(H2,16,17,18,19);2-6H,1H3,(H,18,19);4-5,7H,3,6H2,1-2H3,(H2,13,14,15,16). The van der Waals surface area contributed by atoms with Crippen molar-refractivity contribution in [1.82, 2.24) is 39.9 Å². The summed E-state index contributed by atoms with van der Waals surface area (Å²) >= 11 is 23.3. The average Bonchev–Trinajstić information content (AvgIpc) is 4.48. The quantitative estimate of drug-likeness (QED) is 0.0322. The van der Waals surface area contributed by atoms with Crippen molar-refractivity contribution in [1.29, 1.82) is 0 Å². The molecule has 26 heteroatoms. The third-order valence-electron chi connectivity index (χ3n) is 11.3. The molecule has 3 amide bonds. The Morgan fingerprint density at radius 3 is 1.63 bits per heavy atom. The third-order valence-corrected chi connectivity index (χ3v) is 15.1. The minimum atomic E-state index is -0.647. The van der Waals surface area contributed by atoms with E-state index in [-0.39, 0.29) is 11.7 Å². The van der Waals surface area contributed by atoms with Gasteiger partial charge >= 0.3 is 18.3 Å². The van der Waals surface area contributed by atoms with Crippen molar-refractivity contribution in [3.63, 3.8) is 0 Å². The Hall–Kier alpha value is -8.45. The lowest BCUT2D eigenvalue weighted by atomic mass is 10.0. The van der Waals surface area contributed by atoms with Gasteiger partial charge in [0.05, 0.1) is 75.5 Å². The number of nitrogens with one attached hydrogen (secondary N) is 7. The Bertz CT molecular complexity index is 4070. The first-order chi connectivity index (χ1) is 40.1. The number of hydrogen-bond donors (Lipinski definition) is 7. The summed E-state index contributed by atoms with van der Waals surface area (Å²) in [6.07, 6.45) is 1.36. The van der Waals surface area contributed by atoms with Gasteiger partial charge in [-0.05, 0) is 128 Å². The number of imidazole rings is 4. The number of carbonyl (C=O) groups excluding carboxylic acids is 4. The number of aromatic nitrogens is 8. The summed E-state index contributed by atoms with van der Waals surface area (Å²) in [4.78, 5) is 78.5. The number of ether oxygens (including phenoxy) is 4. The maximum Gasteiger partial charge on any atom is 0.413 e. The smallest absolute Gasteiger partial charge is 0.413 e. The number of methoxy groups -OCH3 is 3. The third kappa shape index (κ3) is 16.6. The first-order valence-corrected chi connectivity index (χ1v) is 28.8. The molecule has 0 spiro atoms. The highest BCUT2D eigenvalue weighted by Gasteiger charge is 2.15. The van der Waals surface area contributed by atoms with Crippen molar-refractivity contribution in [3.05, 3.63) is 172 Å². The van der Waals surface area contributed by atoms with Gasteiger partial charge in [-0.25, -0.2) is 38.7 Å². The van der Waals surface area contributed by atoms with Crippen LogP contribution in [0, 0.1) is 5.82 Å². The highest BCUT2D eigenvalue weighted by atomic mass is 35.5. The molecule has 7 N–H and O–H groups in total. The van der Waals surface area contributed by atoms with Crippen LogP contribution in [-0.4, -0.2) is 97.3 Å². The number of aromatic amines is 4. The van der Waals surface area contributed by atoms with Gasteiger partial charge in [-0.2, -0.15) is 0 Å². The summed E-state index contributed by atoms with van der Waals surface area (Å²) < 4.78 is 32.2. The van der Waals surface area contributed by atoms with Gasteiger partial charge in [0.2, 0.25) is 17.8 Å². The predicted octanol–water partition coefficient (Wildman–Crippen LogP) is 16.3. The van der Waals surface area contributed by atoms with E-state index in [9.17, 15) is 23.6 Å². The molecule has 11 rings (SSSR count). The summed E-state index contributed by atoms with van der Waals surface area (Å²) in [6, 6.07) is 41.0. The molecule has 0 aliphatic heterocycles. The van der Waals surface area contributed by atoms with Gasteiger partial charge in [0, 0.05) is 31.9 Å². The molecule has 0 saturated carbocycles. The Balaban J connectivity index is 0.000000145. The summed E-state index contributed by atoms with van der Waals surface area (Å²) in [6.45, 7) is 2.15. The van der Waals surface area contributed by atoms with E-state index in [1.165, 1.54) is 67.1 Å². The van der Waals surface area contributed by atoms with Crippen LogP contribution in [0.1, 0.15) is 29.3 Å². The lowest BCUT2D eigenvalue weighted by Crippen LogP contribution is -2.11. The Kier molecular flexibility index (Phi) is 21.2. The van der Waals surface area contributed by atoms with E-state index in [1.807, 2.05) is 60.9 Å². The topological polar surface area (TPSA) is 256 Å². The van der Waals surface area contributed by atoms with E-state index >= 15 is 0 Å². The van der Waals surface area contributed by atoms with Crippen LogP contribution >= 0.6 is 70.1 Å². The van der Waals surface area contributed by atoms with Crippen molar-refractivity contribution in [2.24, 2.45) is 0 Å². The lowest BCUT2D eigenvalue weighted by Gasteiger charge is -2.09. The van der Waals surface area contributed by atoms with E-state index < -0.39 is 24.1 Å². The van der Waals surface area contributed by atoms with Crippen molar-refractivity contribution in [3.8, 4) is 11.5 Å². The molecule has 426 valence electrons. The van der Waals surface area contributed by atoms with Gasteiger partial charge in [0.1, 0.15) is 22.3 Å². The molecular weight excluding hydrogens is 1190 g/mol. The minimum absolute atomic E-state index is 0.221. The number of carbonyl (C=O) groups is 4. The molecule has 19 nitrogen and oxygen atoms in total. The van der Waals surface area contributed by atoms with Crippen LogP contribution < -0.4 is 20.7 Å². The van der Waals surface area contributed by atoms with E-state index in [0.29, 0.717) is 60.6 Å². The van der Waals surface area contributed by atoms with Crippen LogP contribution in [0.3, 0.4) is 0 Å². The second kappa shape index (κ2) is 29.0. The largest absolute Gasteiger partial charge is 0.454 e. The van der Waals surface area contributed by atoms with Crippen molar-refractivity contribution < 1.29 is 42.5 Å². The first kappa shape index (κ1) is 60.6. The number of anilines is 3. The number of hydrogen-bond acceptors (Lipinski definition) is 15. The van der Waals surface area contributed by atoms with Crippen LogP contribution in [0.4, 0.5) is 36.6 Å². The maximum atomic E-state index is 12.9. The van der Waals surface area contributed by atoms with Crippen molar-refractivity contribution in [2.45, 2.75) is 33.2 Å². The second-order valence-corrected chi connectivity index (χ2v) is 21.3. The van der Waals surface area contributed by atoms with Gasteiger partial charge < -0.3 is 38.9 Å². The molecule has 0 fully saturated rings. The van der Waals surface area contributed by atoms with Gasteiger partial charge in [-0.1, -0.05) is 89.5 Å². The zero-order valence-corrected chi connectivity index (χ0v) is 49.2. The number of benzene rings is 7. The number of halogens is 4. The summed E-state index contributed by atoms with van der Waals surface area (Å²) in [7, 11) is 3.88. The number of H-pyrrole nitrogens is 4. The summed E-state index contributed by atoms with van der Waals surface area (Å²) in [5, 5.41) is 9.50. The number of fused-ring (bicyclic) bond motifs is 4. The molecule has 83 heavy (non-hydrogen) atoms. The lowest BCUT2D eigenvalue weighted by molar-refractivity contribution is 0.103. The highest BCUT2D eigenvalue weighted by molar-refractivity contribution is 7.99. The zero-order chi connectivity index (χ0) is 59.0. The fourth-order valence-electron chi connectivity index (χ4n) is 7.36. The van der Waals surface area contributed by atoms with E-state index in [0.717, 1.165) is 55.3 Å². The van der Waals surface area contributed by atoms with Crippen molar-refractivity contribution >= 4 is 156 Å². The van der Waals surface area contributed by atoms with Gasteiger partial charge in [-0.15, -0.1) is 11.8 Å². The van der Waals surface area contributed by atoms with Crippen LogP contribution in [-0.2, 0) is 14.2 Å². The molecular formula is C57H49Cl3FN11O8S3. The van der Waals surface area contributed by atoms with Crippen LogP contribution in [0.2, 0.25) is 15.1 Å². The number of ketones is 1. The second-order valence-electron chi connectivity index (χ2n) is 17.0. The molecule has 0 saturated heterocycles. The molecule has 0 aliphatic rings. The van der Waals surface area contributed by atoms with E-state index in [1.54, 1.807) is 72.1 Å². The van der Waals surface area contributed by atoms with Gasteiger partial charge in [-0.3, -0.25) is 20.7 Å². The fraction of sp³-hybridized carbons (Fsp3) is 0.123. The maximum absolute atomic E-state index is 12.9.